The monoisotopic (exact) mass is 415 g/mol. The number of aromatic hydroxyl groups is 1. The van der Waals surface area contributed by atoms with Crippen LogP contribution in [-0.4, -0.2) is 26.7 Å². The lowest BCUT2D eigenvalue weighted by Gasteiger charge is -2.31. The Bertz CT molecular complexity index is 1130. The van der Waals surface area contributed by atoms with E-state index < -0.39 is 29.4 Å². The zero-order chi connectivity index (χ0) is 20.9. The molecule has 7 heteroatoms. The topological polar surface area (TPSA) is 79.5 Å². The van der Waals surface area contributed by atoms with Gasteiger partial charge in [0.25, 0.3) is 5.91 Å². The molecular weight excluding hydrogens is 397 g/mol. The number of benzene rings is 2. The Kier molecular flexibility index (Phi) is 4.82. The first-order valence-electron chi connectivity index (χ1n) is 9.36. The Morgan fingerprint density at radius 3 is 2.38 bits per heavy atom. The quantitative estimate of drug-likeness (QED) is 0.621. The third-order valence-corrected chi connectivity index (χ3v) is 6.08. The SMILES string of the molecule is Cc1c(C(C(=O)O)C2CCC2)c2c(F)c(O)ccc2n1C(=O)c1ccc(Cl)cc1. The maximum atomic E-state index is 15.0. The first kappa shape index (κ1) is 19.5. The van der Waals surface area contributed by atoms with E-state index in [0.29, 0.717) is 16.3 Å². The minimum Gasteiger partial charge on any atom is -0.505 e. The van der Waals surface area contributed by atoms with E-state index in [0.717, 1.165) is 19.3 Å². The molecule has 1 aliphatic rings. The van der Waals surface area contributed by atoms with Crippen molar-refractivity contribution in [1.82, 2.24) is 4.57 Å². The second-order valence-electron chi connectivity index (χ2n) is 7.45. The molecule has 2 N–H and O–H groups in total. The number of carbonyl (C=O) groups excluding carboxylic acids is 1. The van der Waals surface area contributed by atoms with Crippen molar-refractivity contribution in [3.05, 3.63) is 64.1 Å². The minimum absolute atomic E-state index is 0.0101. The first-order chi connectivity index (χ1) is 13.8. The van der Waals surface area contributed by atoms with Gasteiger partial charge in [0, 0.05) is 21.7 Å². The molecule has 1 aliphatic carbocycles. The van der Waals surface area contributed by atoms with Crippen molar-refractivity contribution in [2.75, 3.05) is 0 Å². The molecule has 0 saturated heterocycles. The second kappa shape index (κ2) is 7.19. The lowest BCUT2D eigenvalue weighted by Crippen LogP contribution is -2.27. The van der Waals surface area contributed by atoms with Gasteiger partial charge in [0.1, 0.15) is 0 Å². The van der Waals surface area contributed by atoms with Crippen LogP contribution in [0.4, 0.5) is 4.39 Å². The average molecular weight is 416 g/mol. The number of hydrogen-bond donors (Lipinski definition) is 2. The highest BCUT2D eigenvalue weighted by molar-refractivity contribution is 6.30. The molecular formula is C22H19ClFNO4. The second-order valence-corrected chi connectivity index (χ2v) is 7.88. The molecule has 0 bridgehead atoms. The number of carbonyl (C=O) groups is 2. The number of hydrogen-bond acceptors (Lipinski definition) is 3. The Morgan fingerprint density at radius 2 is 1.83 bits per heavy atom. The summed E-state index contributed by atoms with van der Waals surface area (Å²) in [6.07, 6.45) is 2.38. The summed E-state index contributed by atoms with van der Waals surface area (Å²) < 4.78 is 16.3. The number of carboxylic acids is 1. The molecule has 1 atom stereocenters. The van der Waals surface area contributed by atoms with Gasteiger partial charge in [-0.2, -0.15) is 0 Å². The van der Waals surface area contributed by atoms with Gasteiger partial charge in [0.05, 0.1) is 11.4 Å². The fourth-order valence-electron chi connectivity index (χ4n) is 4.18. The van der Waals surface area contributed by atoms with Crippen molar-refractivity contribution >= 4 is 34.4 Å². The predicted molar refractivity (Wildman–Crippen MR) is 107 cm³/mol. The number of aromatic nitrogens is 1. The molecule has 0 aliphatic heterocycles. The molecule has 5 nitrogen and oxygen atoms in total. The molecule has 1 heterocycles. The first-order valence-corrected chi connectivity index (χ1v) is 9.74. The van der Waals surface area contributed by atoms with E-state index in [1.165, 1.54) is 16.7 Å². The third-order valence-electron chi connectivity index (χ3n) is 5.83. The van der Waals surface area contributed by atoms with Gasteiger partial charge < -0.3 is 10.2 Å². The number of aliphatic carboxylic acids is 1. The highest BCUT2D eigenvalue weighted by Crippen LogP contribution is 2.45. The summed E-state index contributed by atoms with van der Waals surface area (Å²) in [5.74, 6) is -4.03. The van der Waals surface area contributed by atoms with Gasteiger partial charge in [-0.1, -0.05) is 18.0 Å². The van der Waals surface area contributed by atoms with Crippen molar-refractivity contribution in [2.24, 2.45) is 5.92 Å². The number of phenolic OH excluding ortho intramolecular Hbond substituents is 1. The van der Waals surface area contributed by atoms with E-state index >= 15 is 0 Å². The molecule has 3 aromatic rings. The van der Waals surface area contributed by atoms with Gasteiger partial charge in [-0.15, -0.1) is 0 Å². The number of nitrogens with zero attached hydrogens (tertiary/aromatic N) is 1. The number of fused-ring (bicyclic) bond motifs is 1. The van der Waals surface area contributed by atoms with Crippen LogP contribution in [0.15, 0.2) is 36.4 Å². The minimum atomic E-state index is -1.06. The Hall–Kier alpha value is -2.86. The summed E-state index contributed by atoms with van der Waals surface area (Å²) >= 11 is 5.90. The summed E-state index contributed by atoms with van der Waals surface area (Å²) in [7, 11) is 0. The van der Waals surface area contributed by atoms with Crippen molar-refractivity contribution in [3.63, 3.8) is 0 Å². The van der Waals surface area contributed by atoms with E-state index in [-0.39, 0.29) is 22.4 Å². The zero-order valence-electron chi connectivity index (χ0n) is 15.7. The predicted octanol–water partition coefficient (Wildman–Crippen LogP) is 5.10. The summed E-state index contributed by atoms with van der Waals surface area (Å²) in [4.78, 5) is 25.4. The van der Waals surface area contributed by atoms with Crippen molar-refractivity contribution in [3.8, 4) is 5.75 Å². The van der Waals surface area contributed by atoms with Crippen LogP contribution >= 0.6 is 11.6 Å². The Morgan fingerprint density at radius 1 is 1.17 bits per heavy atom. The summed E-state index contributed by atoms with van der Waals surface area (Å²) in [5.41, 5.74) is 1.19. The van der Waals surface area contributed by atoms with E-state index in [1.807, 2.05) is 0 Å². The number of carboxylic acid groups (broad SMARTS) is 1. The summed E-state index contributed by atoms with van der Waals surface area (Å²) in [6.45, 7) is 1.62. The van der Waals surface area contributed by atoms with Crippen LogP contribution < -0.4 is 0 Å². The molecule has 150 valence electrons. The molecule has 1 aromatic heterocycles. The van der Waals surface area contributed by atoms with Crippen molar-refractivity contribution in [2.45, 2.75) is 32.1 Å². The van der Waals surface area contributed by atoms with E-state index in [1.54, 1.807) is 31.2 Å². The fourth-order valence-corrected chi connectivity index (χ4v) is 4.30. The Balaban J connectivity index is 2.00. The highest BCUT2D eigenvalue weighted by Gasteiger charge is 2.39. The van der Waals surface area contributed by atoms with Gasteiger partial charge in [0.2, 0.25) is 0 Å². The van der Waals surface area contributed by atoms with Crippen LogP contribution in [-0.2, 0) is 4.79 Å². The van der Waals surface area contributed by atoms with Gasteiger partial charge >= 0.3 is 5.97 Å². The van der Waals surface area contributed by atoms with Gasteiger partial charge in [-0.25, -0.2) is 4.39 Å². The summed E-state index contributed by atoms with van der Waals surface area (Å²) in [6, 6.07) is 8.90. The standard InChI is InChI=1S/C22H19ClFNO4/c1-11-17(18(22(28)29)12-3-2-4-12)19-15(9-10-16(26)20(19)24)25(11)21(27)13-5-7-14(23)8-6-13/h5-10,12,18,26H,2-4H2,1H3,(H,28,29). The van der Waals surface area contributed by atoms with E-state index in [2.05, 4.69) is 0 Å². The maximum Gasteiger partial charge on any atom is 0.311 e. The third kappa shape index (κ3) is 3.08. The number of halogens is 2. The van der Waals surface area contributed by atoms with E-state index in [4.69, 9.17) is 11.6 Å². The summed E-state index contributed by atoms with van der Waals surface area (Å²) in [5, 5.41) is 20.3. The Labute approximate surface area is 171 Å². The highest BCUT2D eigenvalue weighted by atomic mass is 35.5. The molecule has 29 heavy (non-hydrogen) atoms. The lowest BCUT2D eigenvalue weighted by molar-refractivity contribution is -0.141. The van der Waals surface area contributed by atoms with Crippen LogP contribution in [0.25, 0.3) is 10.9 Å². The van der Waals surface area contributed by atoms with Crippen LogP contribution in [0.5, 0.6) is 5.75 Å². The fraction of sp³-hybridized carbons (Fsp3) is 0.273. The van der Waals surface area contributed by atoms with E-state index in [9.17, 15) is 24.2 Å². The maximum absolute atomic E-state index is 15.0. The molecule has 2 aromatic carbocycles. The molecule has 0 amide bonds. The lowest BCUT2D eigenvalue weighted by atomic mass is 9.72. The van der Waals surface area contributed by atoms with Gasteiger partial charge in [0.15, 0.2) is 11.6 Å². The molecule has 4 rings (SSSR count). The molecule has 1 fully saturated rings. The largest absolute Gasteiger partial charge is 0.505 e. The number of rotatable bonds is 4. The van der Waals surface area contributed by atoms with Crippen LogP contribution in [0, 0.1) is 18.7 Å². The van der Waals surface area contributed by atoms with Crippen LogP contribution in [0.2, 0.25) is 5.02 Å². The smallest absolute Gasteiger partial charge is 0.311 e. The molecule has 0 radical (unpaired) electrons. The molecule has 1 saturated carbocycles. The van der Waals surface area contributed by atoms with Crippen molar-refractivity contribution in [1.29, 1.82) is 0 Å². The van der Waals surface area contributed by atoms with Gasteiger partial charge in [-0.05, 0) is 67.6 Å². The number of phenols is 1. The molecule has 0 spiro atoms. The average Bonchev–Trinajstić information content (AvgIpc) is 2.93. The normalized spacial score (nSPS) is 15.3. The van der Waals surface area contributed by atoms with Crippen LogP contribution in [0.3, 0.4) is 0 Å². The zero-order valence-corrected chi connectivity index (χ0v) is 16.4. The van der Waals surface area contributed by atoms with Gasteiger partial charge in [-0.3, -0.25) is 14.2 Å². The van der Waals surface area contributed by atoms with Crippen LogP contribution in [0.1, 0.15) is 46.8 Å². The van der Waals surface area contributed by atoms with Crippen molar-refractivity contribution < 1.29 is 24.2 Å². The molecule has 1 unspecified atom stereocenters.